The first kappa shape index (κ1) is 19.8. The molecule has 0 aliphatic rings. The molecule has 3 nitrogen and oxygen atoms in total. The second kappa shape index (κ2) is 8.35. The molecule has 0 aliphatic heterocycles. The van der Waals surface area contributed by atoms with Crippen molar-refractivity contribution in [1.82, 2.24) is 0 Å². The number of alkyl halides is 1. The standard InChI is InChI=1S/C22H19IO3S/c1-22(2,23)21(25)26-17-10-14-20(15-11-17)27(18-6-4-3-5-7-18)19-12-8-16(24)9-13-19/h3-15H,1-2H3/p+1. The van der Waals surface area contributed by atoms with Crippen LogP contribution in [0.5, 0.6) is 11.5 Å². The highest BCUT2D eigenvalue weighted by Crippen LogP contribution is 2.33. The SMILES string of the molecule is CC(C)(I)C(=O)Oc1ccc([S+](c2ccccc2)c2ccc(O)cc2)cc1. The Morgan fingerprint density at radius 3 is 1.85 bits per heavy atom. The second-order valence-electron chi connectivity index (χ2n) is 6.45. The van der Waals surface area contributed by atoms with Gasteiger partial charge in [-0.25, -0.2) is 0 Å². The number of esters is 1. The molecular formula is C22H20IO3S+. The van der Waals surface area contributed by atoms with Crippen molar-refractivity contribution in [2.24, 2.45) is 0 Å². The lowest BCUT2D eigenvalue weighted by molar-refractivity contribution is -0.135. The zero-order valence-corrected chi connectivity index (χ0v) is 18.0. The Labute approximate surface area is 175 Å². The van der Waals surface area contributed by atoms with Crippen molar-refractivity contribution in [1.29, 1.82) is 0 Å². The van der Waals surface area contributed by atoms with Crippen LogP contribution in [0.15, 0.2) is 93.5 Å². The number of ether oxygens (including phenoxy) is 1. The highest BCUT2D eigenvalue weighted by Gasteiger charge is 2.29. The summed E-state index contributed by atoms with van der Waals surface area (Å²) in [6.07, 6.45) is 0. The van der Waals surface area contributed by atoms with Crippen molar-refractivity contribution >= 4 is 39.5 Å². The van der Waals surface area contributed by atoms with Crippen LogP contribution in [-0.2, 0) is 15.7 Å². The summed E-state index contributed by atoms with van der Waals surface area (Å²) < 4.78 is 4.89. The Morgan fingerprint density at radius 1 is 0.852 bits per heavy atom. The molecule has 0 saturated heterocycles. The van der Waals surface area contributed by atoms with Crippen molar-refractivity contribution in [3.05, 3.63) is 78.9 Å². The van der Waals surface area contributed by atoms with Crippen LogP contribution in [0, 0.1) is 0 Å². The summed E-state index contributed by atoms with van der Waals surface area (Å²) in [4.78, 5) is 15.5. The third kappa shape index (κ3) is 5.05. The highest BCUT2D eigenvalue weighted by molar-refractivity contribution is 14.1. The Balaban J connectivity index is 1.93. The lowest BCUT2D eigenvalue weighted by Gasteiger charge is -2.14. The van der Waals surface area contributed by atoms with Gasteiger partial charge in [-0.2, -0.15) is 0 Å². The van der Waals surface area contributed by atoms with E-state index < -0.39 is 3.42 Å². The summed E-state index contributed by atoms with van der Waals surface area (Å²) in [5, 5.41) is 9.62. The molecule has 0 saturated carbocycles. The lowest BCUT2D eigenvalue weighted by Crippen LogP contribution is -2.28. The van der Waals surface area contributed by atoms with Crippen LogP contribution in [0.3, 0.4) is 0 Å². The van der Waals surface area contributed by atoms with Gasteiger partial charge in [0.05, 0.1) is 10.9 Å². The van der Waals surface area contributed by atoms with Gasteiger partial charge in [-0.05, 0) is 74.5 Å². The predicted molar refractivity (Wildman–Crippen MR) is 117 cm³/mol. The van der Waals surface area contributed by atoms with Gasteiger partial charge >= 0.3 is 5.97 Å². The van der Waals surface area contributed by atoms with Gasteiger partial charge in [0.2, 0.25) is 0 Å². The molecule has 27 heavy (non-hydrogen) atoms. The summed E-state index contributed by atoms with van der Waals surface area (Å²) in [6.45, 7) is 3.64. The van der Waals surface area contributed by atoms with Crippen LogP contribution in [0.4, 0.5) is 0 Å². The van der Waals surface area contributed by atoms with E-state index in [2.05, 4.69) is 34.7 Å². The summed E-state index contributed by atoms with van der Waals surface area (Å²) in [5.74, 6) is 0.520. The molecule has 3 rings (SSSR count). The lowest BCUT2D eigenvalue weighted by atomic mass is 10.2. The van der Waals surface area contributed by atoms with Crippen molar-refractivity contribution in [2.45, 2.75) is 32.0 Å². The number of phenolic OH excluding ortho intramolecular Hbond substituents is 1. The van der Waals surface area contributed by atoms with Crippen LogP contribution >= 0.6 is 22.6 Å². The monoisotopic (exact) mass is 491 g/mol. The molecule has 0 bridgehead atoms. The van der Waals surface area contributed by atoms with Crippen LogP contribution in [0.25, 0.3) is 0 Å². The van der Waals surface area contributed by atoms with Crippen molar-refractivity contribution < 1.29 is 14.6 Å². The average Bonchev–Trinajstić information content (AvgIpc) is 2.65. The number of carbonyl (C=O) groups is 1. The normalized spacial score (nSPS) is 12.4. The molecule has 138 valence electrons. The Bertz CT molecular complexity index is 901. The first-order chi connectivity index (χ1) is 12.8. The summed E-state index contributed by atoms with van der Waals surface area (Å²) in [6, 6.07) is 25.2. The zero-order chi connectivity index (χ0) is 19.4. The second-order valence-corrected chi connectivity index (χ2v) is 11.2. The Hall–Kier alpha value is -1.99. The molecule has 0 aliphatic carbocycles. The summed E-state index contributed by atoms with van der Waals surface area (Å²) in [7, 11) is -0.314. The van der Waals surface area contributed by atoms with Crippen LogP contribution in [0.2, 0.25) is 0 Å². The predicted octanol–water partition coefficient (Wildman–Crippen LogP) is 5.61. The third-order valence-corrected chi connectivity index (χ3v) is 6.48. The molecule has 0 spiro atoms. The molecule has 0 fully saturated rings. The fourth-order valence-corrected chi connectivity index (χ4v) is 4.59. The average molecular weight is 491 g/mol. The van der Waals surface area contributed by atoms with E-state index in [4.69, 9.17) is 4.74 Å². The number of halogens is 1. The van der Waals surface area contributed by atoms with Gasteiger partial charge in [-0.3, -0.25) is 4.79 Å². The number of rotatable bonds is 5. The molecule has 0 amide bonds. The van der Waals surface area contributed by atoms with Gasteiger partial charge in [-0.15, -0.1) is 0 Å². The highest BCUT2D eigenvalue weighted by atomic mass is 127. The number of hydrogen-bond acceptors (Lipinski definition) is 3. The van der Waals surface area contributed by atoms with Gasteiger partial charge in [-0.1, -0.05) is 40.8 Å². The molecule has 0 heterocycles. The molecule has 1 atom stereocenters. The maximum Gasteiger partial charge on any atom is 0.326 e. The topological polar surface area (TPSA) is 46.5 Å². The third-order valence-electron chi connectivity index (χ3n) is 3.81. The Kier molecular flexibility index (Phi) is 6.11. The Morgan fingerprint density at radius 2 is 1.33 bits per heavy atom. The van der Waals surface area contributed by atoms with E-state index in [-0.39, 0.29) is 22.6 Å². The first-order valence-electron chi connectivity index (χ1n) is 8.44. The molecule has 0 aromatic heterocycles. The minimum atomic E-state index is -0.573. The van der Waals surface area contributed by atoms with E-state index in [1.54, 1.807) is 12.1 Å². The largest absolute Gasteiger partial charge is 0.508 e. The number of hydrogen-bond donors (Lipinski definition) is 1. The zero-order valence-electron chi connectivity index (χ0n) is 15.1. The first-order valence-corrected chi connectivity index (χ1v) is 10.7. The van der Waals surface area contributed by atoms with Gasteiger partial charge in [0.1, 0.15) is 14.9 Å². The molecule has 3 aromatic rings. The maximum absolute atomic E-state index is 12.1. The number of phenols is 1. The van der Waals surface area contributed by atoms with E-state index in [0.29, 0.717) is 5.75 Å². The minimum absolute atomic E-state index is 0.249. The van der Waals surface area contributed by atoms with Gasteiger partial charge in [0.25, 0.3) is 0 Å². The van der Waals surface area contributed by atoms with Crippen molar-refractivity contribution in [2.75, 3.05) is 0 Å². The summed E-state index contributed by atoms with van der Waals surface area (Å²) >= 11 is 2.07. The maximum atomic E-state index is 12.1. The fourth-order valence-electron chi connectivity index (χ4n) is 2.42. The van der Waals surface area contributed by atoms with Crippen LogP contribution in [0.1, 0.15) is 13.8 Å². The molecule has 1 unspecified atom stereocenters. The van der Waals surface area contributed by atoms with E-state index in [1.165, 1.54) is 4.90 Å². The van der Waals surface area contributed by atoms with Crippen molar-refractivity contribution in [3.8, 4) is 11.5 Å². The van der Waals surface area contributed by atoms with E-state index >= 15 is 0 Å². The molecule has 3 aromatic carbocycles. The molecule has 0 radical (unpaired) electrons. The van der Waals surface area contributed by atoms with E-state index in [0.717, 1.165) is 9.79 Å². The van der Waals surface area contributed by atoms with Gasteiger partial charge in [0, 0.05) is 0 Å². The quantitative estimate of drug-likeness (QED) is 0.166. The molecule has 5 heteroatoms. The number of benzene rings is 3. The van der Waals surface area contributed by atoms with Crippen LogP contribution in [-0.4, -0.2) is 14.5 Å². The van der Waals surface area contributed by atoms with Crippen LogP contribution < -0.4 is 4.74 Å². The van der Waals surface area contributed by atoms with E-state index in [1.807, 2.05) is 68.4 Å². The van der Waals surface area contributed by atoms with Gasteiger partial charge in [0.15, 0.2) is 14.7 Å². The molecular weight excluding hydrogens is 471 g/mol. The van der Waals surface area contributed by atoms with Gasteiger partial charge < -0.3 is 9.84 Å². The number of aromatic hydroxyl groups is 1. The number of carbonyl (C=O) groups excluding carboxylic acids is 1. The fraction of sp³-hybridized carbons (Fsp3) is 0.136. The minimum Gasteiger partial charge on any atom is -0.508 e. The molecule has 1 N–H and O–H groups in total. The smallest absolute Gasteiger partial charge is 0.326 e. The summed E-state index contributed by atoms with van der Waals surface area (Å²) in [5.41, 5.74) is 0. The van der Waals surface area contributed by atoms with Crippen molar-refractivity contribution in [3.63, 3.8) is 0 Å². The van der Waals surface area contributed by atoms with E-state index in [9.17, 15) is 9.90 Å².